The van der Waals surface area contributed by atoms with E-state index >= 15 is 0 Å². The molecule has 2 heterocycles. The fourth-order valence-electron chi connectivity index (χ4n) is 10.3. The molecular weight excluding hydrogens is 973 g/mol. The number of hydrogen-bond acceptors (Lipinski definition) is 13. The van der Waals surface area contributed by atoms with Gasteiger partial charge in [-0.05, 0) is 93.1 Å². The molecule has 0 bridgehead atoms. The van der Waals surface area contributed by atoms with E-state index < -0.39 is 70.2 Å². The predicted octanol–water partition coefficient (Wildman–Crippen LogP) is 5.00. The normalized spacial score (nSPS) is 18.4. The van der Waals surface area contributed by atoms with Crippen molar-refractivity contribution in [2.45, 2.75) is 166 Å². The second-order valence-electron chi connectivity index (χ2n) is 20.7. The van der Waals surface area contributed by atoms with Crippen LogP contribution in [0.15, 0.2) is 59.5 Å². The van der Waals surface area contributed by atoms with Crippen molar-refractivity contribution in [3.63, 3.8) is 0 Å². The number of hydroxylamine groups is 2. The van der Waals surface area contributed by atoms with Gasteiger partial charge >= 0.3 is 5.97 Å². The highest BCUT2D eigenvalue weighted by atomic mass is 32.2. The Kier molecular flexibility index (Phi) is 23.7. The highest BCUT2D eigenvalue weighted by Crippen LogP contribution is 2.30. The molecule has 6 amide bonds. The SMILES string of the molecule is CC[C@H](C)[C@@H]([C@@H](CC(=O)N1CCC[C@H]1[C@H](OC)[C@@H](C)C(=O)N[C@H](CCc1ccc(S(=O)(=O)O)cc1)Cc1ccccc1)OC)N(C)C(=O)[C@@H](NC(=O)[C@H](C(C)C)N(C)CCCC(=O)ON1C(=O)CCC1=O)C(C)C. The van der Waals surface area contributed by atoms with Gasteiger partial charge in [-0.1, -0.05) is 97.4 Å². The monoisotopic (exact) mass is 1050 g/mol. The highest BCUT2D eigenvalue weighted by molar-refractivity contribution is 7.85. The van der Waals surface area contributed by atoms with E-state index in [9.17, 15) is 46.5 Å². The highest BCUT2D eigenvalue weighted by Gasteiger charge is 2.43. The summed E-state index contributed by atoms with van der Waals surface area (Å²) in [4.78, 5) is 104. The number of hydrogen-bond donors (Lipinski definition) is 3. The minimum Gasteiger partial charge on any atom is -0.379 e. The van der Waals surface area contributed by atoms with Crippen molar-refractivity contribution < 1.29 is 60.8 Å². The smallest absolute Gasteiger partial charge is 0.333 e. The number of aryl methyl sites for hydroxylation is 1. The van der Waals surface area contributed by atoms with Crippen molar-refractivity contribution in [3.05, 3.63) is 65.7 Å². The molecule has 74 heavy (non-hydrogen) atoms. The number of amides is 6. The molecule has 2 aliphatic heterocycles. The van der Waals surface area contributed by atoms with Gasteiger partial charge in [0.1, 0.15) is 6.04 Å². The van der Waals surface area contributed by atoms with Gasteiger partial charge in [-0.3, -0.25) is 38.2 Å². The second kappa shape index (κ2) is 28.6. The van der Waals surface area contributed by atoms with Crippen molar-refractivity contribution in [2.24, 2.45) is 23.7 Å². The second-order valence-corrected chi connectivity index (χ2v) is 22.1. The number of nitrogens with one attached hydrogen (secondary N) is 2. The minimum atomic E-state index is -4.34. The zero-order valence-corrected chi connectivity index (χ0v) is 46.1. The van der Waals surface area contributed by atoms with E-state index in [0.29, 0.717) is 56.7 Å². The number of carbonyl (C=O) groups is 7. The Balaban J connectivity index is 1.44. The molecule has 412 valence electrons. The van der Waals surface area contributed by atoms with Gasteiger partial charge in [0.2, 0.25) is 23.6 Å². The first-order valence-corrected chi connectivity index (χ1v) is 27.5. The maximum Gasteiger partial charge on any atom is 0.333 e. The molecular formula is C54H82N6O13S. The van der Waals surface area contributed by atoms with Crippen molar-refractivity contribution in [1.82, 2.24) is 30.4 Å². The summed E-state index contributed by atoms with van der Waals surface area (Å²) in [7, 11) is 2.16. The van der Waals surface area contributed by atoms with E-state index in [4.69, 9.17) is 14.3 Å². The van der Waals surface area contributed by atoms with E-state index in [1.165, 1.54) is 19.2 Å². The number of benzene rings is 2. The number of methoxy groups -OCH3 is 2. The van der Waals surface area contributed by atoms with Crippen LogP contribution in [-0.2, 0) is 70.8 Å². The van der Waals surface area contributed by atoms with E-state index in [2.05, 4.69) is 10.6 Å². The third-order valence-corrected chi connectivity index (χ3v) is 15.5. The summed E-state index contributed by atoms with van der Waals surface area (Å²) in [6.45, 7) is 14.0. The van der Waals surface area contributed by atoms with Crippen molar-refractivity contribution in [3.8, 4) is 0 Å². The van der Waals surface area contributed by atoms with Gasteiger partial charge in [0.15, 0.2) is 0 Å². The Hall–Kier alpha value is -5.28. The van der Waals surface area contributed by atoms with Crippen molar-refractivity contribution >= 4 is 51.5 Å². The summed E-state index contributed by atoms with van der Waals surface area (Å²) in [5.41, 5.74) is 1.86. The number of imide groups is 1. The number of likely N-dealkylation sites (N-methyl/N-ethyl adjacent to an activating group) is 2. The fourth-order valence-corrected chi connectivity index (χ4v) is 10.8. The number of likely N-dealkylation sites (tertiary alicyclic amines) is 1. The van der Waals surface area contributed by atoms with Gasteiger partial charge in [0.25, 0.3) is 21.9 Å². The lowest BCUT2D eigenvalue weighted by atomic mass is 9.89. The third kappa shape index (κ3) is 16.9. The van der Waals surface area contributed by atoms with Gasteiger partial charge in [0, 0.05) is 53.1 Å². The average molecular weight is 1060 g/mol. The van der Waals surface area contributed by atoms with Gasteiger partial charge in [-0.2, -0.15) is 8.42 Å². The lowest BCUT2D eigenvalue weighted by Gasteiger charge is -2.41. The van der Waals surface area contributed by atoms with Gasteiger partial charge in [0.05, 0.1) is 47.6 Å². The summed E-state index contributed by atoms with van der Waals surface area (Å²) in [6.07, 6.45) is 2.31. The van der Waals surface area contributed by atoms with Crippen LogP contribution in [-0.4, -0.2) is 158 Å². The molecule has 4 rings (SSSR count). The topological polar surface area (TPSA) is 239 Å². The zero-order valence-electron chi connectivity index (χ0n) is 45.3. The first kappa shape index (κ1) is 61.3. The fraction of sp³-hybridized carbons (Fsp3) is 0.648. The molecule has 2 aromatic carbocycles. The van der Waals surface area contributed by atoms with E-state index in [-0.39, 0.29) is 84.4 Å². The number of carbonyl (C=O) groups excluding carboxylic acids is 7. The molecule has 0 radical (unpaired) electrons. The Labute approximate surface area is 438 Å². The molecule has 20 heteroatoms. The largest absolute Gasteiger partial charge is 0.379 e. The van der Waals surface area contributed by atoms with Crippen molar-refractivity contribution in [2.75, 3.05) is 41.4 Å². The number of ether oxygens (including phenoxy) is 2. The molecule has 19 nitrogen and oxygen atoms in total. The predicted molar refractivity (Wildman–Crippen MR) is 277 cm³/mol. The van der Waals surface area contributed by atoms with E-state index in [0.717, 1.165) is 11.1 Å². The Bertz CT molecular complexity index is 2300. The van der Waals surface area contributed by atoms with Crippen LogP contribution in [0.3, 0.4) is 0 Å². The molecule has 0 spiro atoms. The number of rotatable bonds is 29. The molecule has 2 aliphatic rings. The summed E-state index contributed by atoms with van der Waals surface area (Å²) >= 11 is 0. The summed E-state index contributed by atoms with van der Waals surface area (Å²) in [5, 5.41) is 6.78. The van der Waals surface area contributed by atoms with Crippen LogP contribution in [0.2, 0.25) is 0 Å². The van der Waals surface area contributed by atoms with Crippen LogP contribution >= 0.6 is 0 Å². The Morgan fingerprint density at radius 3 is 2.03 bits per heavy atom. The van der Waals surface area contributed by atoms with Crippen LogP contribution in [0, 0.1) is 23.7 Å². The van der Waals surface area contributed by atoms with Gasteiger partial charge in [-0.25, -0.2) is 4.79 Å². The van der Waals surface area contributed by atoms with E-state index in [1.807, 2.05) is 71.9 Å². The first-order chi connectivity index (χ1) is 34.9. The molecule has 0 aliphatic carbocycles. The van der Waals surface area contributed by atoms with Gasteiger partial charge in [-0.15, -0.1) is 5.06 Å². The van der Waals surface area contributed by atoms with Crippen LogP contribution in [0.5, 0.6) is 0 Å². The summed E-state index contributed by atoms with van der Waals surface area (Å²) < 4.78 is 44.8. The van der Waals surface area contributed by atoms with Crippen LogP contribution in [0.25, 0.3) is 0 Å². The summed E-state index contributed by atoms with van der Waals surface area (Å²) in [6, 6.07) is 12.9. The Morgan fingerprint density at radius 2 is 1.47 bits per heavy atom. The molecule has 2 aromatic rings. The molecule has 2 fully saturated rings. The molecule has 0 aromatic heterocycles. The zero-order chi connectivity index (χ0) is 55.0. The molecule has 3 N–H and O–H groups in total. The summed E-state index contributed by atoms with van der Waals surface area (Å²) in [5.74, 6) is -4.30. The van der Waals surface area contributed by atoms with Crippen LogP contribution in [0.1, 0.15) is 117 Å². The number of nitrogens with zero attached hydrogens (tertiary/aromatic N) is 4. The molecule has 0 saturated carbocycles. The van der Waals surface area contributed by atoms with Crippen molar-refractivity contribution in [1.29, 1.82) is 0 Å². The lowest BCUT2D eigenvalue weighted by molar-refractivity contribution is -0.197. The Morgan fingerprint density at radius 1 is 0.838 bits per heavy atom. The molecule has 0 unspecified atom stereocenters. The third-order valence-electron chi connectivity index (χ3n) is 14.6. The quantitative estimate of drug-likeness (QED) is 0.0719. The average Bonchev–Trinajstić information content (AvgIpc) is 3.97. The van der Waals surface area contributed by atoms with E-state index in [1.54, 1.807) is 55.0 Å². The van der Waals surface area contributed by atoms with Crippen LogP contribution < -0.4 is 10.6 Å². The standard InChI is InChI=1S/C54H82N6O13S/c1-12-36(6)50(58(9)54(67)48(34(2)3)56-53(66)49(35(4)5)57(8)30-17-21-47(64)73-60-44(61)28-29-45(60)62)43(71-10)33-46(63)59-31-16-20-42(59)51(72-11)37(7)52(65)55-40(32-39-18-14-13-15-19-39)25-22-38-23-26-41(27-24-38)74(68,69)70/h13-15,18-19,23-24,26-27,34-37,40,42-43,48-51H,12,16-17,20-22,25,28-33H2,1-11H3,(H,55,65)(H,56,66)(H,68,69,70)/t36-,37+,40+,42-,43+,48-,49-,50-,51+/m0/s1. The lowest BCUT2D eigenvalue weighted by Crippen LogP contribution is -2.60. The van der Waals surface area contributed by atoms with Gasteiger partial charge < -0.3 is 34.7 Å². The molecule has 9 atom stereocenters. The van der Waals surface area contributed by atoms with Crippen LogP contribution in [0.4, 0.5) is 0 Å². The maximum absolute atomic E-state index is 14.7. The molecule has 2 saturated heterocycles. The minimum absolute atomic E-state index is 0.00620. The maximum atomic E-state index is 14.7. The first-order valence-electron chi connectivity index (χ1n) is 26.0.